The number of amides is 1. The predicted octanol–water partition coefficient (Wildman–Crippen LogP) is 1.41. The zero-order chi connectivity index (χ0) is 15.2. The number of ether oxygens (including phenoxy) is 1. The second-order valence-electron chi connectivity index (χ2n) is 4.75. The number of carbonyl (C=O) groups excluding carboxylic acids is 1. The lowest BCUT2D eigenvalue weighted by Gasteiger charge is -2.24. The van der Waals surface area contributed by atoms with E-state index in [2.05, 4.69) is 11.9 Å². The van der Waals surface area contributed by atoms with E-state index in [0.717, 1.165) is 18.7 Å². The number of hydrogen-bond acceptors (Lipinski definition) is 4. The van der Waals surface area contributed by atoms with Crippen LogP contribution in [-0.2, 0) is 16.0 Å². The summed E-state index contributed by atoms with van der Waals surface area (Å²) in [5.41, 5.74) is 2.21. The van der Waals surface area contributed by atoms with Crippen LogP contribution in [0.25, 0.3) is 0 Å². The first kappa shape index (κ1) is 14.9. The molecule has 2 rings (SSSR count). The molecule has 0 fully saturated rings. The van der Waals surface area contributed by atoms with Gasteiger partial charge in [-0.15, -0.1) is 0 Å². The van der Waals surface area contributed by atoms with E-state index < -0.39 is 18.1 Å². The fraction of sp³-hybridized carbons (Fsp3) is 0.333. The first-order chi connectivity index (χ1) is 10.1. The molecule has 1 aliphatic heterocycles. The van der Waals surface area contributed by atoms with Crippen LogP contribution in [0, 0.1) is 0 Å². The first-order valence-electron chi connectivity index (χ1n) is 6.71. The van der Waals surface area contributed by atoms with Gasteiger partial charge in [0.1, 0.15) is 12.6 Å². The lowest BCUT2D eigenvalue weighted by molar-refractivity contribution is -0.139. The second-order valence-corrected chi connectivity index (χ2v) is 4.75. The van der Waals surface area contributed by atoms with E-state index in [1.54, 1.807) is 0 Å². The Morgan fingerprint density at radius 1 is 1.48 bits per heavy atom. The molecule has 0 spiro atoms. The van der Waals surface area contributed by atoms with E-state index in [9.17, 15) is 14.7 Å². The Labute approximate surface area is 123 Å². The maximum atomic E-state index is 11.5. The van der Waals surface area contributed by atoms with Gasteiger partial charge in [0, 0.05) is 18.8 Å². The Bertz CT molecular complexity index is 544. The molecule has 6 heteroatoms. The number of rotatable bonds is 6. The molecule has 0 saturated heterocycles. The highest BCUT2D eigenvalue weighted by atomic mass is 16.5. The van der Waals surface area contributed by atoms with E-state index >= 15 is 0 Å². The summed E-state index contributed by atoms with van der Waals surface area (Å²) >= 11 is 0. The number of alkyl carbamates (subject to hydrolysis) is 1. The van der Waals surface area contributed by atoms with E-state index in [4.69, 9.17) is 4.74 Å². The van der Waals surface area contributed by atoms with Gasteiger partial charge in [-0.1, -0.05) is 30.9 Å². The minimum Gasteiger partial charge on any atom is -0.480 e. The van der Waals surface area contributed by atoms with Crippen molar-refractivity contribution in [3.63, 3.8) is 0 Å². The molecule has 1 heterocycles. The number of nitrogens with zero attached hydrogens (tertiary/aromatic N) is 1. The van der Waals surface area contributed by atoms with Gasteiger partial charge in [0.25, 0.3) is 0 Å². The van der Waals surface area contributed by atoms with Gasteiger partial charge in [0.15, 0.2) is 0 Å². The van der Waals surface area contributed by atoms with E-state index in [0.29, 0.717) is 0 Å². The molecule has 1 aromatic carbocycles. The Morgan fingerprint density at radius 2 is 2.24 bits per heavy atom. The minimum absolute atomic E-state index is 0.0463. The zero-order valence-corrected chi connectivity index (χ0v) is 11.6. The monoisotopic (exact) mass is 290 g/mol. The second kappa shape index (κ2) is 6.78. The average molecular weight is 290 g/mol. The highest BCUT2D eigenvalue weighted by molar-refractivity contribution is 5.81. The van der Waals surface area contributed by atoms with Crippen LogP contribution >= 0.6 is 0 Å². The van der Waals surface area contributed by atoms with E-state index in [1.807, 2.05) is 29.2 Å². The summed E-state index contributed by atoms with van der Waals surface area (Å²) in [6.45, 7) is 4.42. The van der Waals surface area contributed by atoms with Crippen molar-refractivity contribution < 1.29 is 19.4 Å². The van der Waals surface area contributed by atoms with Crippen molar-refractivity contribution in [3.05, 3.63) is 42.5 Å². The third kappa shape index (κ3) is 3.75. The molecule has 0 radical (unpaired) electrons. The van der Waals surface area contributed by atoms with Gasteiger partial charge >= 0.3 is 12.1 Å². The summed E-state index contributed by atoms with van der Waals surface area (Å²) < 4.78 is 4.76. The van der Waals surface area contributed by atoms with Crippen LogP contribution < -0.4 is 10.2 Å². The number of carbonyl (C=O) groups is 2. The summed E-state index contributed by atoms with van der Waals surface area (Å²) in [6, 6.07) is 6.84. The van der Waals surface area contributed by atoms with Crippen LogP contribution in [0.2, 0.25) is 0 Å². The number of carboxylic acid groups (broad SMARTS) is 1. The van der Waals surface area contributed by atoms with Crippen molar-refractivity contribution >= 4 is 17.7 Å². The van der Waals surface area contributed by atoms with Gasteiger partial charge in [-0.05, 0) is 18.1 Å². The van der Waals surface area contributed by atoms with Crippen LogP contribution in [0.4, 0.5) is 10.5 Å². The van der Waals surface area contributed by atoms with Crippen LogP contribution in [0.15, 0.2) is 36.9 Å². The highest BCUT2D eigenvalue weighted by Gasteiger charge is 2.27. The molecule has 112 valence electrons. The lowest BCUT2D eigenvalue weighted by Crippen LogP contribution is -2.48. The van der Waals surface area contributed by atoms with Gasteiger partial charge < -0.3 is 20.1 Å². The summed E-state index contributed by atoms with van der Waals surface area (Å²) in [6.07, 6.45) is 1.55. The Morgan fingerprint density at radius 3 is 2.95 bits per heavy atom. The topological polar surface area (TPSA) is 78.9 Å². The SMILES string of the molecule is C=CCOC(=O)NC(CN1CCc2ccccc21)C(=O)O. The summed E-state index contributed by atoms with van der Waals surface area (Å²) in [5, 5.41) is 11.6. The molecule has 0 aliphatic carbocycles. The molecular weight excluding hydrogens is 272 g/mol. The molecule has 1 aromatic rings. The highest BCUT2D eigenvalue weighted by Crippen LogP contribution is 2.27. The van der Waals surface area contributed by atoms with Gasteiger partial charge in [0.05, 0.1) is 0 Å². The summed E-state index contributed by atoms with van der Waals surface area (Å²) in [7, 11) is 0. The molecule has 0 aromatic heterocycles. The molecule has 21 heavy (non-hydrogen) atoms. The van der Waals surface area contributed by atoms with Gasteiger partial charge in [0.2, 0.25) is 0 Å². The van der Waals surface area contributed by atoms with Crippen molar-refractivity contribution in [1.82, 2.24) is 5.32 Å². The summed E-state index contributed by atoms with van der Waals surface area (Å²) in [5.74, 6) is -1.09. The maximum Gasteiger partial charge on any atom is 0.408 e. The smallest absolute Gasteiger partial charge is 0.408 e. The van der Waals surface area contributed by atoms with Crippen molar-refractivity contribution in [2.45, 2.75) is 12.5 Å². The Balaban J connectivity index is 1.99. The molecule has 2 N–H and O–H groups in total. The van der Waals surface area contributed by atoms with Crippen molar-refractivity contribution in [3.8, 4) is 0 Å². The van der Waals surface area contributed by atoms with Gasteiger partial charge in [-0.25, -0.2) is 9.59 Å². The summed E-state index contributed by atoms with van der Waals surface area (Å²) in [4.78, 5) is 24.7. The lowest BCUT2D eigenvalue weighted by atomic mass is 10.2. The number of hydrogen-bond donors (Lipinski definition) is 2. The van der Waals surface area contributed by atoms with Crippen molar-refractivity contribution in [1.29, 1.82) is 0 Å². The van der Waals surface area contributed by atoms with E-state index in [-0.39, 0.29) is 13.2 Å². The normalized spacial score (nSPS) is 14.2. The van der Waals surface area contributed by atoms with Gasteiger partial charge in [-0.3, -0.25) is 0 Å². The molecule has 1 aliphatic rings. The predicted molar refractivity (Wildman–Crippen MR) is 78.5 cm³/mol. The number of nitrogens with one attached hydrogen (secondary N) is 1. The number of fused-ring (bicyclic) bond motifs is 1. The minimum atomic E-state index is -1.09. The molecule has 1 unspecified atom stereocenters. The molecule has 1 atom stereocenters. The number of benzene rings is 1. The molecule has 0 bridgehead atoms. The van der Waals surface area contributed by atoms with E-state index in [1.165, 1.54) is 11.6 Å². The molecular formula is C15H18N2O4. The zero-order valence-electron chi connectivity index (χ0n) is 11.6. The van der Waals surface area contributed by atoms with Crippen LogP contribution in [0.1, 0.15) is 5.56 Å². The number of carboxylic acids is 1. The number of para-hydroxylation sites is 1. The van der Waals surface area contributed by atoms with Gasteiger partial charge in [-0.2, -0.15) is 0 Å². The van der Waals surface area contributed by atoms with Crippen LogP contribution in [0.3, 0.4) is 0 Å². The number of anilines is 1. The number of aliphatic carboxylic acids is 1. The largest absolute Gasteiger partial charge is 0.480 e. The third-order valence-corrected chi connectivity index (χ3v) is 3.31. The Kier molecular flexibility index (Phi) is 4.81. The fourth-order valence-electron chi connectivity index (χ4n) is 2.32. The molecule has 0 saturated carbocycles. The Hall–Kier alpha value is -2.50. The molecule has 6 nitrogen and oxygen atoms in total. The average Bonchev–Trinajstić information content (AvgIpc) is 2.87. The van der Waals surface area contributed by atoms with Crippen molar-refractivity contribution in [2.75, 3.05) is 24.6 Å². The standard InChI is InChI=1S/C15H18N2O4/c1-2-9-21-15(20)16-12(14(18)19)10-17-8-7-11-5-3-4-6-13(11)17/h2-6,12H,1,7-10H2,(H,16,20)(H,18,19). The first-order valence-corrected chi connectivity index (χ1v) is 6.71. The third-order valence-electron chi connectivity index (χ3n) is 3.31. The molecule has 1 amide bonds. The fourth-order valence-corrected chi connectivity index (χ4v) is 2.32. The quantitative estimate of drug-likeness (QED) is 0.775. The maximum absolute atomic E-state index is 11.5. The van der Waals surface area contributed by atoms with Crippen molar-refractivity contribution in [2.24, 2.45) is 0 Å². The van der Waals surface area contributed by atoms with Crippen LogP contribution in [0.5, 0.6) is 0 Å². The van der Waals surface area contributed by atoms with Crippen LogP contribution in [-0.4, -0.2) is 42.9 Å².